The second-order valence-corrected chi connectivity index (χ2v) is 9.82. The molecule has 2 aromatic rings. The highest BCUT2D eigenvalue weighted by Crippen LogP contribution is 2.20. The summed E-state index contributed by atoms with van der Waals surface area (Å²) in [6.07, 6.45) is 3.48. The third-order valence-corrected chi connectivity index (χ3v) is 7.25. The van der Waals surface area contributed by atoms with Gasteiger partial charge < -0.3 is 10.6 Å². The minimum Gasteiger partial charge on any atom is -0.356 e. The monoisotopic (exact) mass is 562 g/mol. The Hall–Kier alpha value is -0.780. The molecule has 0 unspecified atom stereocenters. The number of aryl methyl sites for hydroxylation is 1. The van der Waals surface area contributed by atoms with Crippen LogP contribution in [0.4, 0.5) is 0 Å². The van der Waals surface area contributed by atoms with E-state index in [0.717, 1.165) is 50.1 Å². The minimum absolute atomic E-state index is 0. The standard InChI is InChI=1S/C21H34N6S2.HI/c1-5-19-25-17(13-28-19)12-27-8-6-16(7-9-27)10-23-21(22-4)24-11-20-26-18(14-29-20)15(2)3;/h13-16H,5-12H2,1-4H3,(H2,22,23,24);1H. The lowest BCUT2D eigenvalue weighted by Gasteiger charge is -2.31. The predicted molar refractivity (Wildman–Crippen MR) is 139 cm³/mol. The average Bonchev–Trinajstić information content (AvgIpc) is 3.39. The number of guanidine groups is 1. The topological polar surface area (TPSA) is 65.4 Å². The molecule has 2 aromatic heterocycles. The molecule has 30 heavy (non-hydrogen) atoms. The summed E-state index contributed by atoms with van der Waals surface area (Å²) >= 11 is 3.50. The third-order valence-electron chi connectivity index (χ3n) is 5.34. The van der Waals surface area contributed by atoms with Crippen LogP contribution >= 0.6 is 46.7 Å². The quantitative estimate of drug-likeness (QED) is 0.282. The number of nitrogens with one attached hydrogen (secondary N) is 2. The molecule has 0 bridgehead atoms. The van der Waals surface area contributed by atoms with Gasteiger partial charge in [-0.15, -0.1) is 46.7 Å². The van der Waals surface area contributed by atoms with Gasteiger partial charge >= 0.3 is 0 Å². The number of piperidine rings is 1. The van der Waals surface area contributed by atoms with E-state index in [9.17, 15) is 0 Å². The third kappa shape index (κ3) is 7.72. The fraction of sp³-hybridized carbons (Fsp3) is 0.667. The van der Waals surface area contributed by atoms with Crippen LogP contribution in [0.1, 0.15) is 60.9 Å². The van der Waals surface area contributed by atoms with Crippen LogP contribution in [0.25, 0.3) is 0 Å². The maximum absolute atomic E-state index is 4.71. The molecule has 3 rings (SSSR count). The maximum Gasteiger partial charge on any atom is 0.191 e. The summed E-state index contributed by atoms with van der Waals surface area (Å²) < 4.78 is 0. The number of rotatable bonds is 8. The van der Waals surface area contributed by atoms with Crippen molar-refractivity contribution in [1.29, 1.82) is 0 Å². The lowest BCUT2D eigenvalue weighted by Crippen LogP contribution is -2.42. The van der Waals surface area contributed by atoms with Gasteiger partial charge in [0.05, 0.1) is 22.9 Å². The number of nitrogens with zero attached hydrogens (tertiary/aromatic N) is 4. The van der Waals surface area contributed by atoms with Crippen LogP contribution in [0, 0.1) is 5.92 Å². The van der Waals surface area contributed by atoms with E-state index in [4.69, 9.17) is 4.98 Å². The molecule has 0 spiro atoms. The van der Waals surface area contributed by atoms with Crippen LogP contribution in [0.2, 0.25) is 0 Å². The second-order valence-electron chi connectivity index (χ2n) is 7.93. The van der Waals surface area contributed by atoms with Crippen molar-refractivity contribution in [2.75, 3.05) is 26.7 Å². The summed E-state index contributed by atoms with van der Waals surface area (Å²) in [7, 11) is 1.83. The number of hydrogen-bond acceptors (Lipinski definition) is 6. The number of halogens is 1. The van der Waals surface area contributed by atoms with Crippen LogP contribution in [0.15, 0.2) is 15.8 Å². The zero-order valence-electron chi connectivity index (χ0n) is 18.5. The van der Waals surface area contributed by atoms with E-state index in [0.29, 0.717) is 11.8 Å². The molecule has 6 nitrogen and oxygen atoms in total. The molecule has 1 aliphatic heterocycles. The molecular weight excluding hydrogens is 527 g/mol. The zero-order chi connectivity index (χ0) is 20.6. The van der Waals surface area contributed by atoms with Crippen LogP contribution in [-0.4, -0.2) is 47.5 Å². The fourth-order valence-corrected chi connectivity index (χ4v) is 5.09. The van der Waals surface area contributed by atoms with Gasteiger partial charge in [0.15, 0.2) is 5.96 Å². The first kappa shape index (κ1) is 25.5. The maximum atomic E-state index is 4.71. The van der Waals surface area contributed by atoms with Crippen molar-refractivity contribution in [1.82, 2.24) is 25.5 Å². The van der Waals surface area contributed by atoms with Crippen molar-refractivity contribution in [3.8, 4) is 0 Å². The first-order chi connectivity index (χ1) is 14.1. The van der Waals surface area contributed by atoms with Crippen LogP contribution < -0.4 is 10.6 Å². The van der Waals surface area contributed by atoms with E-state index < -0.39 is 0 Å². The van der Waals surface area contributed by atoms with Crippen molar-refractivity contribution in [2.45, 2.75) is 59.0 Å². The Morgan fingerprint density at radius 1 is 1.17 bits per heavy atom. The van der Waals surface area contributed by atoms with Crippen LogP contribution in [0.5, 0.6) is 0 Å². The number of thiazole rings is 2. The Bertz CT molecular complexity index is 780. The number of likely N-dealkylation sites (tertiary alicyclic amines) is 1. The molecule has 0 saturated carbocycles. The zero-order valence-corrected chi connectivity index (χ0v) is 22.4. The van der Waals surface area contributed by atoms with Gasteiger partial charge in [-0.05, 0) is 44.2 Å². The van der Waals surface area contributed by atoms with Gasteiger partial charge in [-0.3, -0.25) is 9.89 Å². The first-order valence-corrected chi connectivity index (χ1v) is 12.4. The molecule has 1 aliphatic rings. The SMILES string of the molecule is CCc1nc(CN2CCC(CNC(=NC)NCc3nc(C(C)C)cs3)CC2)cs1.I. The Morgan fingerprint density at radius 2 is 1.90 bits per heavy atom. The highest BCUT2D eigenvalue weighted by atomic mass is 127. The predicted octanol–water partition coefficient (Wildman–Crippen LogP) is 4.48. The lowest BCUT2D eigenvalue weighted by molar-refractivity contribution is 0.176. The fourth-order valence-electron chi connectivity index (χ4n) is 3.45. The normalized spacial score (nSPS) is 16.0. The molecule has 3 heterocycles. The average molecular weight is 563 g/mol. The summed E-state index contributed by atoms with van der Waals surface area (Å²) in [5.41, 5.74) is 2.40. The Labute approximate surface area is 206 Å². The van der Waals surface area contributed by atoms with E-state index in [1.807, 2.05) is 7.05 Å². The Morgan fingerprint density at radius 3 is 2.50 bits per heavy atom. The number of aliphatic imine (C=N–C) groups is 1. The van der Waals surface area contributed by atoms with Crippen molar-refractivity contribution in [2.24, 2.45) is 10.9 Å². The summed E-state index contributed by atoms with van der Waals surface area (Å²) in [6.45, 7) is 11.5. The molecule has 1 fully saturated rings. The lowest BCUT2D eigenvalue weighted by atomic mass is 9.97. The highest BCUT2D eigenvalue weighted by Gasteiger charge is 2.20. The summed E-state index contributed by atoms with van der Waals surface area (Å²) in [5, 5.41) is 13.6. The minimum atomic E-state index is 0. The van der Waals surface area contributed by atoms with Gasteiger partial charge in [-0.25, -0.2) is 9.97 Å². The van der Waals surface area contributed by atoms with E-state index >= 15 is 0 Å². The second kappa shape index (κ2) is 12.9. The van der Waals surface area contributed by atoms with E-state index in [1.54, 1.807) is 22.7 Å². The molecule has 9 heteroatoms. The molecular formula is C21H35IN6S2. The van der Waals surface area contributed by atoms with Gasteiger partial charge in [-0.1, -0.05) is 20.8 Å². The van der Waals surface area contributed by atoms with Gasteiger partial charge in [0.1, 0.15) is 5.01 Å². The molecule has 1 saturated heterocycles. The number of hydrogen-bond donors (Lipinski definition) is 2. The first-order valence-electron chi connectivity index (χ1n) is 10.6. The Kier molecular flexibility index (Phi) is 11.0. The molecule has 0 atom stereocenters. The van der Waals surface area contributed by atoms with Crippen molar-refractivity contribution in [3.63, 3.8) is 0 Å². The van der Waals surface area contributed by atoms with Gasteiger partial charge in [-0.2, -0.15) is 0 Å². The summed E-state index contributed by atoms with van der Waals surface area (Å²) in [4.78, 5) is 16.3. The van der Waals surface area contributed by atoms with Crippen molar-refractivity contribution >= 4 is 52.6 Å². The summed E-state index contributed by atoms with van der Waals surface area (Å²) in [5.74, 6) is 2.04. The van der Waals surface area contributed by atoms with Crippen molar-refractivity contribution < 1.29 is 0 Å². The number of aromatic nitrogens is 2. The van der Waals surface area contributed by atoms with Crippen LogP contribution in [-0.2, 0) is 19.5 Å². The van der Waals surface area contributed by atoms with Crippen LogP contribution in [0.3, 0.4) is 0 Å². The molecule has 0 radical (unpaired) electrons. The molecule has 0 aliphatic carbocycles. The van der Waals surface area contributed by atoms with E-state index in [1.165, 1.54) is 29.2 Å². The van der Waals surface area contributed by atoms with E-state index in [-0.39, 0.29) is 24.0 Å². The van der Waals surface area contributed by atoms with Gasteiger partial charge in [0.2, 0.25) is 0 Å². The molecule has 0 aromatic carbocycles. The molecule has 168 valence electrons. The van der Waals surface area contributed by atoms with E-state index in [2.05, 4.69) is 57.0 Å². The van der Waals surface area contributed by atoms with Gasteiger partial charge in [0.25, 0.3) is 0 Å². The molecule has 2 N–H and O–H groups in total. The summed E-state index contributed by atoms with van der Waals surface area (Å²) in [6, 6.07) is 0. The highest BCUT2D eigenvalue weighted by molar-refractivity contribution is 14.0. The largest absolute Gasteiger partial charge is 0.356 e. The van der Waals surface area contributed by atoms with Gasteiger partial charge in [0, 0.05) is 30.9 Å². The Balaban J connectivity index is 0.00000320. The molecule has 0 amide bonds. The smallest absolute Gasteiger partial charge is 0.191 e. The van der Waals surface area contributed by atoms with Crippen molar-refractivity contribution in [3.05, 3.63) is 32.2 Å².